The lowest BCUT2D eigenvalue weighted by Gasteiger charge is -2.27. The maximum absolute atomic E-state index is 14.5. The van der Waals surface area contributed by atoms with Gasteiger partial charge in [-0.15, -0.1) is 0 Å². The van der Waals surface area contributed by atoms with Crippen molar-refractivity contribution in [1.29, 1.82) is 5.26 Å². The van der Waals surface area contributed by atoms with Gasteiger partial charge in [0.2, 0.25) is 5.91 Å². The van der Waals surface area contributed by atoms with Crippen LogP contribution in [0, 0.1) is 17.2 Å². The van der Waals surface area contributed by atoms with Crippen molar-refractivity contribution in [3.8, 4) is 11.8 Å². The number of carbonyl (C=O) groups excluding carboxylic acids is 3. The monoisotopic (exact) mass is 672 g/mol. The first kappa shape index (κ1) is 31.0. The number of ether oxygens (including phenoxy) is 1. The molecule has 1 aliphatic heterocycles. The van der Waals surface area contributed by atoms with Crippen LogP contribution in [0.2, 0.25) is 5.02 Å². The highest BCUT2D eigenvalue weighted by molar-refractivity contribution is 9.10. The number of halogens is 2. The van der Waals surface area contributed by atoms with Gasteiger partial charge in [-0.2, -0.15) is 5.26 Å². The molecule has 5 rings (SSSR count). The largest absolute Gasteiger partial charge is 0.496 e. The van der Waals surface area contributed by atoms with Crippen LogP contribution in [0.3, 0.4) is 0 Å². The minimum atomic E-state index is -1.06. The molecule has 44 heavy (non-hydrogen) atoms. The summed E-state index contributed by atoms with van der Waals surface area (Å²) in [6, 6.07) is 21.9. The topological polar surface area (TPSA) is 103 Å². The normalized spacial score (nSPS) is 15.3. The molecule has 10 heteroatoms. The van der Waals surface area contributed by atoms with Gasteiger partial charge in [-0.1, -0.05) is 53.5 Å². The molecular formula is C34H30BrClN4O4. The first-order chi connectivity index (χ1) is 21.2. The molecule has 4 aromatic rings. The van der Waals surface area contributed by atoms with Crippen LogP contribution in [0.4, 0.5) is 11.4 Å². The number of carbonyl (C=O) groups is 3. The van der Waals surface area contributed by atoms with Crippen molar-refractivity contribution in [2.75, 3.05) is 23.5 Å². The molecular weight excluding hydrogens is 644 g/mol. The molecule has 0 aromatic heterocycles. The van der Waals surface area contributed by atoms with Crippen molar-refractivity contribution in [1.82, 2.24) is 5.32 Å². The standard InChI is InChI=1S/C34H30BrClN4O4/c1-4-20(2)32(41)38-28-19-40(33(42)22-10-8-21(17-37)9-11-22)30-16-23(36)12-14-29(30)39(34(28)43)18-26-24-6-5-7-27(35)25(24)13-15-31(26)44-3/h5-16,20,28H,4,18-19H2,1-3H3,(H,38,41)/t20-,28+/m1/s1. The lowest BCUT2D eigenvalue weighted by atomic mass is 10.0. The van der Waals surface area contributed by atoms with Crippen LogP contribution in [-0.2, 0) is 16.1 Å². The van der Waals surface area contributed by atoms with E-state index in [9.17, 15) is 19.6 Å². The van der Waals surface area contributed by atoms with Crippen LogP contribution in [0.25, 0.3) is 10.8 Å². The summed E-state index contributed by atoms with van der Waals surface area (Å²) >= 11 is 10.1. The Morgan fingerprint density at radius 2 is 1.84 bits per heavy atom. The van der Waals surface area contributed by atoms with Crippen LogP contribution in [0.15, 0.2) is 77.3 Å². The van der Waals surface area contributed by atoms with Gasteiger partial charge in [0.25, 0.3) is 11.8 Å². The summed E-state index contributed by atoms with van der Waals surface area (Å²) in [4.78, 5) is 44.8. The summed E-state index contributed by atoms with van der Waals surface area (Å²) in [5.74, 6) is -0.813. The average molecular weight is 674 g/mol. The van der Waals surface area contributed by atoms with E-state index in [2.05, 4.69) is 27.3 Å². The maximum atomic E-state index is 14.5. The molecule has 0 aliphatic carbocycles. The van der Waals surface area contributed by atoms with Gasteiger partial charge < -0.3 is 19.9 Å². The molecule has 0 bridgehead atoms. The molecule has 0 fully saturated rings. The molecule has 1 heterocycles. The Bertz CT molecular complexity index is 1800. The van der Waals surface area contributed by atoms with Crippen molar-refractivity contribution in [2.45, 2.75) is 32.9 Å². The van der Waals surface area contributed by atoms with Gasteiger partial charge in [0.05, 0.1) is 43.2 Å². The predicted octanol–water partition coefficient (Wildman–Crippen LogP) is 6.86. The summed E-state index contributed by atoms with van der Waals surface area (Å²) in [7, 11) is 1.58. The highest BCUT2D eigenvalue weighted by Gasteiger charge is 2.38. The van der Waals surface area contributed by atoms with E-state index in [0.717, 1.165) is 20.8 Å². The molecule has 4 aromatic carbocycles. The highest BCUT2D eigenvalue weighted by atomic mass is 79.9. The number of nitriles is 1. The molecule has 2 atom stereocenters. The van der Waals surface area contributed by atoms with Gasteiger partial charge in [0.1, 0.15) is 11.8 Å². The molecule has 0 saturated heterocycles. The van der Waals surface area contributed by atoms with Crippen molar-refractivity contribution in [3.63, 3.8) is 0 Å². The van der Waals surface area contributed by atoms with Gasteiger partial charge in [0.15, 0.2) is 0 Å². The number of methoxy groups -OCH3 is 1. The fourth-order valence-corrected chi connectivity index (χ4v) is 5.95. The number of nitrogens with one attached hydrogen (secondary N) is 1. The van der Waals surface area contributed by atoms with Crippen LogP contribution in [0.5, 0.6) is 5.75 Å². The lowest BCUT2D eigenvalue weighted by molar-refractivity contribution is -0.129. The van der Waals surface area contributed by atoms with E-state index in [1.165, 1.54) is 4.90 Å². The van der Waals surface area contributed by atoms with E-state index in [-0.39, 0.29) is 30.8 Å². The van der Waals surface area contributed by atoms with Crippen LogP contribution in [-0.4, -0.2) is 37.4 Å². The molecule has 0 radical (unpaired) electrons. The first-order valence-corrected chi connectivity index (χ1v) is 15.3. The van der Waals surface area contributed by atoms with Gasteiger partial charge >= 0.3 is 0 Å². The van der Waals surface area contributed by atoms with E-state index in [0.29, 0.717) is 39.7 Å². The number of amides is 3. The zero-order valence-corrected chi connectivity index (χ0v) is 26.8. The fraction of sp³-hybridized carbons (Fsp3) is 0.235. The summed E-state index contributed by atoms with van der Waals surface area (Å²) in [5, 5.41) is 14.4. The van der Waals surface area contributed by atoms with Crippen LogP contribution >= 0.6 is 27.5 Å². The number of nitrogens with zero attached hydrogens (tertiary/aromatic N) is 3. The van der Waals surface area contributed by atoms with E-state index < -0.39 is 11.9 Å². The fourth-order valence-electron chi connectivity index (χ4n) is 5.29. The summed E-state index contributed by atoms with van der Waals surface area (Å²) < 4.78 is 6.64. The molecule has 224 valence electrons. The number of anilines is 2. The zero-order valence-electron chi connectivity index (χ0n) is 24.4. The SMILES string of the molecule is CC[C@@H](C)C(=O)N[C@H]1CN(C(=O)c2ccc(C#N)cc2)c2cc(Cl)ccc2N(Cc2c(OC)ccc3c(Br)cccc23)C1=O. The number of fused-ring (bicyclic) bond motifs is 2. The van der Waals surface area contributed by atoms with Crippen molar-refractivity contribution in [3.05, 3.63) is 99.0 Å². The number of hydrogen-bond donors (Lipinski definition) is 1. The smallest absolute Gasteiger partial charge is 0.258 e. The zero-order chi connectivity index (χ0) is 31.5. The quantitative estimate of drug-likeness (QED) is 0.231. The second-order valence-corrected chi connectivity index (χ2v) is 11.9. The molecule has 0 saturated carbocycles. The molecule has 0 unspecified atom stereocenters. The summed E-state index contributed by atoms with van der Waals surface area (Å²) in [6.07, 6.45) is 0.586. The Morgan fingerprint density at radius 3 is 2.52 bits per heavy atom. The molecule has 8 nitrogen and oxygen atoms in total. The summed E-state index contributed by atoms with van der Waals surface area (Å²) in [5.41, 5.74) is 2.37. The third-order valence-electron chi connectivity index (χ3n) is 7.94. The minimum absolute atomic E-state index is 0.0963. The van der Waals surface area contributed by atoms with Gasteiger partial charge in [-0.25, -0.2) is 0 Å². The van der Waals surface area contributed by atoms with Crippen molar-refractivity contribution >= 4 is 67.4 Å². The molecule has 3 amide bonds. The Morgan fingerprint density at radius 1 is 1.09 bits per heavy atom. The third-order valence-corrected chi connectivity index (χ3v) is 8.87. The third kappa shape index (κ3) is 6.01. The first-order valence-electron chi connectivity index (χ1n) is 14.1. The Kier molecular flexibility index (Phi) is 9.23. The van der Waals surface area contributed by atoms with Gasteiger partial charge in [-0.3, -0.25) is 14.4 Å². The number of benzene rings is 4. The van der Waals surface area contributed by atoms with Crippen molar-refractivity contribution < 1.29 is 19.1 Å². The highest BCUT2D eigenvalue weighted by Crippen LogP contribution is 2.40. The van der Waals surface area contributed by atoms with Gasteiger partial charge in [0, 0.05) is 26.5 Å². The Balaban J connectivity index is 1.68. The van der Waals surface area contributed by atoms with E-state index in [1.807, 2.05) is 37.3 Å². The average Bonchev–Trinajstić information content (AvgIpc) is 3.14. The Labute approximate surface area is 269 Å². The van der Waals surface area contributed by atoms with E-state index in [1.54, 1.807) is 61.4 Å². The van der Waals surface area contributed by atoms with Crippen LogP contribution < -0.4 is 19.9 Å². The van der Waals surface area contributed by atoms with Crippen molar-refractivity contribution in [2.24, 2.45) is 5.92 Å². The van der Waals surface area contributed by atoms with Crippen LogP contribution in [0.1, 0.15) is 41.8 Å². The minimum Gasteiger partial charge on any atom is -0.496 e. The second-order valence-electron chi connectivity index (χ2n) is 10.6. The second kappa shape index (κ2) is 13.1. The molecule has 1 aliphatic rings. The molecule has 0 spiro atoms. The van der Waals surface area contributed by atoms with E-state index >= 15 is 0 Å². The number of rotatable bonds is 7. The van der Waals surface area contributed by atoms with Gasteiger partial charge in [-0.05, 0) is 77.9 Å². The maximum Gasteiger partial charge on any atom is 0.258 e. The summed E-state index contributed by atoms with van der Waals surface area (Å²) in [6.45, 7) is 3.66. The molecule has 1 N–H and O–H groups in total. The number of hydrogen-bond acceptors (Lipinski definition) is 5. The predicted molar refractivity (Wildman–Crippen MR) is 175 cm³/mol. The Hall–Kier alpha value is -4.39. The van der Waals surface area contributed by atoms with E-state index in [4.69, 9.17) is 16.3 Å². The lowest BCUT2D eigenvalue weighted by Crippen LogP contribution is -2.53.